The van der Waals surface area contributed by atoms with Crippen LogP contribution in [-0.4, -0.2) is 120 Å². The number of pyridine rings is 2. The zero-order valence-electron chi connectivity index (χ0n) is 33.3. The molecule has 1 atom stereocenters. The molecule has 10 rings (SSSR count). The number of amides is 4. The molecule has 15 heteroatoms. The number of nitrogens with zero attached hydrogens (tertiary/aromatic N) is 5. The molecule has 2 aromatic carbocycles. The molecular formula is C45H46N6O9. The molecule has 4 aliphatic heterocycles. The van der Waals surface area contributed by atoms with E-state index in [1.807, 2.05) is 36.8 Å². The molecule has 0 radical (unpaired) electrons. The highest BCUT2D eigenvalue weighted by molar-refractivity contribution is 6.23. The summed E-state index contributed by atoms with van der Waals surface area (Å²) in [6.45, 7) is 4.85. The van der Waals surface area contributed by atoms with Gasteiger partial charge in [0.25, 0.3) is 11.8 Å². The Bertz CT molecular complexity index is 2490. The zero-order valence-corrected chi connectivity index (χ0v) is 33.3. The number of benzene rings is 2. The molecule has 1 unspecified atom stereocenters. The highest BCUT2D eigenvalue weighted by atomic mass is 16.5. The van der Waals surface area contributed by atoms with Gasteiger partial charge in [0.05, 0.1) is 60.7 Å². The number of imide groups is 2. The second-order valence-corrected chi connectivity index (χ2v) is 16.7. The molecule has 15 nitrogen and oxygen atoms in total. The molecule has 3 saturated heterocycles. The number of nitrogens with one attached hydrogen (secondary N) is 1. The number of hydrogen-bond acceptors (Lipinski definition) is 12. The van der Waals surface area contributed by atoms with Crippen LogP contribution >= 0.6 is 0 Å². The highest BCUT2D eigenvalue weighted by Crippen LogP contribution is 2.36. The van der Waals surface area contributed by atoms with Gasteiger partial charge in [-0.2, -0.15) is 0 Å². The average molecular weight is 815 g/mol. The van der Waals surface area contributed by atoms with Crippen molar-refractivity contribution in [3.63, 3.8) is 0 Å². The van der Waals surface area contributed by atoms with E-state index in [2.05, 4.69) is 56.1 Å². The molecule has 310 valence electrons. The fourth-order valence-corrected chi connectivity index (χ4v) is 8.78. The largest absolute Gasteiger partial charge is 0.474 e. The molecular weight excluding hydrogens is 769 g/mol. The summed E-state index contributed by atoms with van der Waals surface area (Å²) in [7, 11) is 2.08. The maximum absolute atomic E-state index is 13.2. The van der Waals surface area contributed by atoms with E-state index in [1.165, 1.54) is 5.39 Å². The van der Waals surface area contributed by atoms with Crippen molar-refractivity contribution in [3.8, 4) is 17.0 Å². The van der Waals surface area contributed by atoms with Crippen molar-refractivity contribution in [1.82, 2.24) is 24.8 Å². The van der Waals surface area contributed by atoms with Gasteiger partial charge in [-0.25, -0.2) is 4.98 Å². The number of carbonyl (C=O) groups excluding carboxylic acids is 4. The van der Waals surface area contributed by atoms with Crippen molar-refractivity contribution in [2.24, 2.45) is 12.5 Å². The smallest absolute Gasteiger partial charge is 0.262 e. The van der Waals surface area contributed by atoms with Crippen LogP contribution in [0.1, 0.15) is 52.8 Å². The number of ether oxygens (including phenoxy) is 5. The third-order valence-electron chi connectivity index (χ3n) is 12.5. The van der Waals surface area contributed by atoms with Crippen LogP contribution in [-0.2, 0) is 35.6 Å². The van der Waals surface area contributed by atoms with Crippen molar-refractivity contribution >= 4 is 51.1 Å². The fraction of sp³-hybridized carbons (Fsp3) is 0.422. The molecule has 5 aromatic rings. The van der Waals surface area contributed by atoms with E-state index in [9.17, 15) is 19.2 Å². The van der Waals surface area contributed by atoms with Crippen molar-refractivity contribution in [2.45, 2.75) is 56.5 Å². The first-order valence-corrected chi connectivity index (χ1v) is 20.7. The molecule has 0 bridgehead atoms. The zero-order chi connectivity index (χ0) is 41.0. The van der Waals surface area contributed by atoms with E-state index in [-0.39, 0.29) is 47.7 Å². The van der Waals surface area contributed by atoms with Crippen molar-refractivity contribution in [2.75, 3.05) is 57.6 Å². The summed E-state index contributed by atoms with van der Waals surface area (Å²) in [4.78, 5) is 62.1. The SMILES string of the molecule is Cn1c2ccncc2c2ccc(-c3ccc(OC4CC(OCC5(COCCCOC6CN(c7ccc8c(c7)C(=O)N(C7CCC(=O)NC7=O)C8=O)C6)COC5)C4)nc3)cc21. The van der Waals surface area contributed by atoms with Crippen LogP contribution in [0.2, 0.25) is 0 Å². The maximum atomic E-state index is 13.2. The number of piperidine rings is 1. The lowest BCUT2D eigenvalue weighted by Gasteiger charge is -2.43. The number of aromatic nitrogens is 3. The van der Waals surface area contributed by atoms with Gasteiger partial charge in [0.2, 0.25) is 17.7 Å². The second kappa shape index (κ2) is 15.7. The number of hydrogen-bond donors (Lipinski definition) is 1. The molecule has 1 aliphatic carbocycles. The summed E-state index contributed by atoms with van der Waals surface area (Å²) in [6.07, 6.45) is 8.48. The summed E-state index contributed by atoms with van der Waals surface area (Å²) in [5, 5.41) is 4.56. The predicted molar refractivity (Wildman–Crippen MR) is 219 cm³/mol. The third-order valence-corrected chi connectivity index (χ3v) is 12.5. The van der Waals surface area contributed by atoms with Crippen molar-refractivity contribution in [1.29, 1.82) is 0 Å². The number of anilines is 1. The van der Waals surface area contributed by atoms with Crippen LogP contribution in [0, 0.1) is 5.41 Å². The average Bonchev–Trinajstić information content (AvgIpc) is 3.63. The lowest BCUT2D eigenvalue weighted by atomic mass is 9.87. The van der Waals surface area contributed by atoms with Crippen molar-refractivity contribution < 1.29 is 42.9 Å². The van der Waals surface area contributed by atoms with Gasteiger partial charge < -0.3 is 33.2 Å². The monoisotopic (exact) mass is 814 g/mol. The Labute approximate surface area is 345 Å². The molecule has 1 N–H and O–H groups in total. The van der Waals surface area contributed by atoms with E-state index < -0.39 is 29.7 Å². The lowest BCUT2D eigenvalue weighted by Crippen LogP contribution is -2.54. The quantitative estimate of drug-likeness (QED) is 0.117. The van der Waals surface area contributed by atoms with Crippen LogP contribution in [0.3, 0.4) is 0 Å². The van der Waals surface area contributed by atoms with Crippen molar-refractivity contribution in [3.05, 3.63) is 84.3 Å². The standard InChI is InChI=1S/C45H46N6O9/c1-49-37-11-12-46-20-36(37)33-6-3-27(15-39(33)49)28-4-10-41(47-19-28)60-31-17-30(18-31)59-26-45(24-57-25-45)23-56-13-2-14-58-32-21-50(22-32)29-5-7-34-35(16-29)44(55)51(43(34)54)38-8-9-40(52)48-42(38)53/h3-7,10-12,15-16,19-20,30-32,38H,2,8-9,13-14,17-18,21-26H2,1H3,(H,48,52,53). The van der Waals surface area contributed by atoms with Crippen LogP contribution < -0.4 is 15.0 Å². The number of fused-ring (bicyclic) bond motifs is 4. The van der Waals surface area contributed by atoms with Gasteiger partial charge in [0, 0.05) is 105 Å². The van der Waals surface area contributed by atoms with Crippen LogP contribution in [0.5, 0.6) is 5.88 Å². The molecule has 4 fully saturated rings. The minimum Gasteiger partial charge on any atom is -0.474 e. The number of carbonyl (C=O) groups is 4. The van der Waals surface area contributed by atoms with Gasteiger partial charge >= 0.3 is 0 Å². The van der Waals surface area contributed by atoms with Gasteiger partial charge in [-0.15, -0.1) is 0 Å². The molecule has 60 heavy (non-hydrogen) atoms. The molecule has 1 saturated carbocycles. The minimum atomic E-state index is -0.981. The first-order chi connectivity index (χ1) is 29.2. The summed E-state index contributed by atoms with van der Waals surface area (Å²) < 4.78 is 32.4. The van der Waals surface area contributed by atoms with Gasteiger partial charge in [-0.05, 0) is 54.8 Å². The Morgan fingerprint density at radius 2 is 1.65 bits per heavy atom. The molecule has 0 spiro atoms. The molecule has 3 aromatic heterocycles. The first-order valence-electron chi connectivity index (χ1n) is 20.7. The Morgan fingerprint density at radius 1 is 0.817 bits per heavy atom. The fourth-order valence-electron chi connectivity index (χ4n) is 8.78. The topological polar surface area (TPSA) is 164 Å². The van der Waals surface area contributed by atoms with E-state index in [0.717, 1.165) is 57.4 Å². The Hall–Kier alpha value is -5.74. The van der Waals surface area contributed by atoms with Crippen LogP contribution in [0.25, 0.3) is 32.9 Å². The second-order valence-electron chi connectivity index (χ2n) is 16.7. The van der Waals surface area contributed by atoms with E-state index in [1.54, 1.807) is 12.1 Å². The Morgan fingerprint density at radius 3 is 2.43 bits per heavy atom. The first kappa shape index (κ1) is 38.5. The maximum Gasteiger partial charge on any atom is 0.262 e. The van der Waals surface area contributed by atoms with Gasteiger partial charge in [-0.3, -0.25) is 34.4 Å². The number of rotatable bonds is 15. The third kappa shape index (κ3) is 7.18. The van der Waals surface area contributed by atoms with Gasteiger partial charge in [0.15, 0.2) is 0 Å². The molecule has 7 heterocycles. The van der Waals surface area contributed by atoms with Gasteiger partial charge in [0.1, 0.15) is 12.1 Å². The van der Waals surface area contributed by atoms with Crippen LogP contribution in [0.4, 0.5) is 5.69 Å². The summed E-state index contributed by atoms with van der Waals surface area (Å²) in [5.41, 5.74) is 5.68. The Balaban J connectivity index is 0.612. The summed E-state index contributed by atoms with van der Waals surface area (Å²) in [5.74, 6) is -1.42. The van der Waals surface area contributed by atoms with E-state index >= 15 is 0 Å². The van der Waals surface area contributed by atoms with Gasteiger partial charge in [-0.1, -0.05) is 12.1 Å². The summed E-state index contributed by atoms with van der Waals surface area (Å²) >= 11 is 0. The summed E-state index contributed by atoms with van der Waals surface area (Å²) in [6, 6.07) is 16.7. The highest BCUT2D eigenvalue weighted by Gasteiger charge is 2.45. The molecule has 4 amide bonds. The van der Waals surface area contributed by atoms with E-state index in [4.69, 9.17) is 23.7 Å². The molecule has 5 aliphatic rings. The minimum absolute atomic E-state index is 0.0517. The number of aryl methyl sites for hydroxylation is 1. The van der Waals surface area contributed by atoms with E-state index in [0.29, 0.717) is 58.6 Å². The predicted octanol–water partition coefficient (Wildman–Crippen LogP) is 4.44. The lowest BCUT2D eigenvalue weighted by molar-refractivity contribution is -0.197. The van der Waals surface area contributed by atoms with Crippen LogP contribution in [0.15, 0.2) is 73.2 Å². The normalized spacial score (nSPS) is 22.4. The Kier molecular flexibility index (Phi) is 10.1.